The molecule has 6 heteroatoms. The Morgan fingerprint density at radius 1 is 0.828 bits per heavy atom. The summed E-state index contributed by atoms with van der Waals surface area (Å²) in [6.45, 7) is 8.46. The summed E-state index contributed by atoms with van der Waals surface area (Å²) in [6.07, 6.45) is 0. The van der Waals surface area contributed by atoms with E-state index in [2.05, 4.69) is 74.4 Å². The molecule has 1 aromatic carbocycles. The minimum Gasteiger partial charge on any atom is -0.310 e. The van der Waals surface area contributed by atoms with Gasteiger partial charge in [0.05, 0.1) is 22.6 Å². The summed E-state index contributed by atoms with van der Waals surface area (Å²) in [7, 11) is 0. The van der Waals surface area contributed by atoms with E-state index < -0.39 is 0 Å². The van der Waals surface area contributed by atoms with Crippen molar-refractivity contribution >= 4 is 10.9 Å². The van der Waals surface area contributed by atoms with Gasteiger partial charge in [0.15, 0.2) is 0 Å². The maximum Gasteiger partial charge on any atom is 0.0705 e. The molecule has 0 saturated carbocycles. The highest BCUT2D eigenvalue weighted by Crippen LogP contribution is 2.11. The summed E-state index contributed by atoms with van der Waals surface area (Å²) in [5.74, 6) is 0. The van der Waals surface area contributed by atoms with Crippen LogP contribution in [0.15, 0.2) is 54.6 Å². The molecule has 0 fully saturated rings. The number of rotatable bonds is 5. The van der Waals surface area contributed by atoms with E-state index in [4.69, 9.17) is 4.98 Å². The zero-order valence-electron chi connectivity index (χ0n) is 16.9. The van der Waals surface area contributed by atoms with Crippen LogP contribution in [0.25, 0.3) is 10.9 Å². The first-order chi connectivity index (χ1) is 14.4. The van der Waals surface area contributed by atoms with Gasteiger partial charge in [-0.25, -0.2) is 0 Å². The van der Waals surface area contributed by atoms with Crippen LogP contribution in [0.3, 0.4) is 0 Å². The minimum absolute atomic E-state index is 0.801. The fourth-order valence-corrected chi connectivity index (χ4v) is 3.63. The molecule has 0 saturated heterocycles. The molecule has 1 aliphatic heterocycles. The van der Waals surface area contributed by atoms with Crippen molar-refractivity contribution in [3.05, 3.63) is 71.7 Å². The highest BCUT2D eigenvalue weighted by atomic mass is 15.2. The maximum atomic E-state index is 4.74. The fourth-order valence-electron chi connectivity index (χ4n) is 3.63. The van der Waals surface area contributed by atoms with E-state index in [0.29, 0.717) is 0 Å². The van der Waals surface area contributed by atoms with Crippen molar-refractivity contribution in [3.8, 4) is 0 Å². The molecule has 0 aliphatic carbocycles. The Bertz CT molecular complexity index is 885. The van der Waals surface area contributed by atoms with E-state index in [1.54, 1.807) is 0 Å². The van der Waals surface area contributed by atoms with Crippen LogP contribution in [-0.2, 0) is 19.6 Å². The van der Waals surface area contributed by atoms with E-state index in [1.807, 2.05) is 6.07 Å². The molecule has 4 rings (SSSR count). The van der Waals surface area contributed by atoms with Crippen molar-refractivity contribution in [1.29, 1.82) is 0 Å². The first-order valence-corrected chi connectivity index (χ1v) is 10.5. The van der Waals surface area contributed by atoms with Crippen LogP contribution < -0.4 is 16.0 Å². The van der Waals surface area contributed by atoms with Crippen LogP contribution in [0.5, 0.6) is 0 Å². The lowest BCUT2D eigenvalue weighted by Crippen LogP contribution is -2.40. The first-order valence-electron chi connectivity index (χ1n) is 10.5. The van der Waals surface area contributed by atoms with Gasteiger partial charge in [0, 0.05) is 64.3 Å². The minimum atomic E-state index is 0.801. The van der Waals surface area contributed by atoms with Crippen molar-refractivity contribution < 1.29 is 0 Å². The lowest BCUT2D eigenvalue weighted by atomic mass is 10.2. The van der Waals surface area contributed by atoms with Gasteiger partial charge in [0.1, 0.15) is 0 Å². The molecular formula is C23H30N6. The largest absolute Gasteiger partial charge is 0.310 e. The Morgan fingerprint density at radius 3 is 2.38 bits per heavy atom. The molecular weight excluding hydrogens is 360 g/mol. The number of hydrogen-bond acceptors (Lipinski definition) is 6. The summed E-state index contributed by atoms with van der Waals surface area (Å²) in [4.78, 5) is 11.9. The molecule has 3 heterocycles. The van der Waals surface area contributed by atoms with Gasteiger partial charge in [-0.15, -0.1) is 0 Å². The lowest BCUT2D eigenvalue weighted by Gasteiger charge is -2.23. The average molecular weight is 391 g/mol. The van der Waals surface area contributed by atoms with Crippen molar-refractivity contribution in [2.24, 2.45) is 0 Å². The molecule has 0 amide bonds. The van der Waals surface area contributed by atoms with E-state index in [9.17, 15) is 0 Å². The van der Waals surface area contributed by atoms with E-state index in [1.165, 1.54) is 5.39 Å². The van der Waals surface area contributed by atoms with Gasteiger partial charge in [-0.05, 0) is 24.3 Å². The Morgan fingerprint density at radius 2 is 1.59 bits per heavy atom. The van der Waals surface area contributed by atoms with Crippen molar-refractivity contribution in [1.82, 2.24) is 30.8 Å². The van der Waals surface area contributed by atoms with Gasteiger partial charge >= 0.3 is 0 Å². The highest BCUT2D eigenvalue weighted by Gasteiger charge is 2.07. The summed E-state index contributed by atoms with van der Waals surface area (Å²) in [5.41, 5.74) is 4.38. The third-order valence-electron chi connectivity index (χ3n) is 5.25. The summed E-state index contributed by atoms with van der Waals surface area (Å²) >= 11 is 0. The first kappa shape index (κ1) is 19.9. The third-order valence-corrected chi connectivity index (χ3v) is 5.25. The smallest absolute Gasteiger partial charge is 0.0705 e. The maximum absolute atomic E-state index is 4.74. The predicted octanol–water partition coefficient (Wildman–Crippen LogP) is 1.91. The molecule has 0 spiro atoms. The molecule has 0 atom stereocenters. The number of para-hydroxylation sites is 1. The highest BCUT2D eigenvalue weighted by molar-refractivity contribution is 5.78. The number of nitrogens with zero attached hydrogens (tertiary/aromatic N) is 3. The van der Waals surface area contributed by atoms with Crippen LogP contribution in [0.2, 0.25) is 0 Å². The Labute approximate surface area is 172 Å². The average Bonchev–Trinajstić information content (AvgIpc) is 2.76. The van der Waals surface area contributed by atoms with Gasteiger partial charge in [0.25, 0.3) is 0 Å². The van der Waals surface area contributed by atoms with E-state index in [0.717, 1.165) is 81.5 Å². The Kier molecular flexibility index (Phi) is 7.15. The molecule has 3 aromatic rings. The van der Waals surface area contributed by atoms with Crippen molar-refractivity contribution in [2.45, 2.75) is 19.6 Å². The van der Waals surface area contributed by atoms with Crippen molar-refractivity contribution in [2.75, 3.05) is 39.3 Å². The number of nitrogens with one attached hydrogen (secondary N) is 3. The number of aromatic nitrogens is 2. The lowest BCUT2D eigenvalue weighted by molar-refractivity contribution is 0.270. The standard InChI is InChI=1S/C23H30N6/c1-2-7-23-19(4-1)8-9-22(28-23)18-26-12-15-29-13-10-24-16-20-5-3-6-21(27-20)17-25-11-14-29/h1-9,24-26H,10-18H2. The molecule has 6 nitrogen and oxygen atoms in total. The monoisotopic (exact) mass is 390 g/mol. The normalized spacial score (nSPS) is 16.3. The number of fused-ring (bicyclic) bond motifs is 3. The third kappa shape index (κ3) is 6.05. The molecule has 2 aromatic heterocycles. The quantitative estimate of drug-likeness (QED) is 0.579. The van der Waals surface area contributed by atoms with Crippen LogP contribution in [0.4, 0.5) is 0 Å². The van der Waals surface area contributed by atoms with Gasteiger partial charge in [-0.2, -0.15) is 0 Å². The number of pyridine rings is 2. The fraction of sp³-hybridized carbons (Fsp3) is 0.391. The summed E-state index contributed by atoms with van der Waals surface area (Å²) in [6, 6.07) is 18.8. The molecule has 152 valence electrons. The number of hydrogen-bond donors (Lipinski definition) is 3. The van der Waals surface area contributed by atoms with Gasteiger partial charge in [0.2, 0.25) is 0 Å². The molecule has 0 radical (unpaired) electrons. The number of benzene rings is 1. The Hall–Kier alpha value is -2.38. The molecule has 2 bridgehead atoms. The van der Waals surface area contributed by atoms with Crippen LogP contribution in [0.1, 0.15) is 17.1 Å². The van der Waals surface area contributed by atoms with E-state index >= 15 is 0 Å². The zero-order valence-corrected chi connectivity index (χ0v) is 16.9. The van der Waals surface area contributed by atoms with Crippen molar-refractivity contribution in [3.63, 3.8) is 0 Å². The van der Waals surface area contributed by atoms with Gasteiger partial charge in [-0.3, -0.25) is 14.9 Å². The van der Waals surface area contributed by atoms with Crippen LogP contribution in [0, 0.1) is 0 Å². The topological polar surface area (TPSA) is 65.1 Å². The Balaban J connectivity index is 1.23. The summed E-state index contributed by atoms with van der Waals surface area (Å²) < 4.78 is 0. The SMILES string of the molecule is c1cc2nc(c1)CNCCN(CCNCc1ccc3ccccc3n1)CCNC2. The second-order valence-corrected chi connectivity index (χ2v) is 7.49. The summed E-state index contributed by atoms with van der Waals surface area (Å²) in [5, 5.41) is 11.8. The van der Waals surface area contributed by atoms with Crippen LogP contribution in [-0.4, -0.2) is 54.1 Å². The van der Waals surface area contributed by atoms with Gasteiger partial charge in [-0.1, -0.05) is 30.3 Å². The predicted molar refractivity (Wildman–Crippen MR) is 118 cm³/mol. The van der Waals surface area contributed by atoms with E-state index in [-0.39, 0.29) is 0 Å². The molecule has 1 aliphatic rings. The second kappa shape index (κ2) is 10.4. The second-order valence-electron chi connectivity index (χ2n) is 7.49. The zero-order chi connectivity index (χ0) is 19.7. The molecule has 3 N–H and O–H groups in total. The molecule has 29 heavy (non-hydrogen) atoms. The molecule has 0 unspecified atom stereocenters. The van der Waals surface area contributed by atoms with Crippen LogP contribution >= 0.6 is 0 Å². The van der Waals surface area contributed by atoms with Gasteiger partial charge < -0.3 is 16.0 Å².